The van der Waals surface area contributed by atoms with E-state index in [9.17, 15) is 18.8 Å². The fourth-order valence-corrected chi connectivity index (χ4v) is 4.32. The number of ether oxygens (including phenoxy) is 1. The van der Waals surface area contributed by atoms with Gasteiger partial charge in [0.25, 0.3) is 5.91 Å². The normalized spacial score (nSPS) is 22.7. The number of hydrogen-bond acceptors (Lipinski definition) is 4. The second-order valence-corrected chi connectivity index (χ2v) is 8.28. The van der Waals surface area contributed by atoms with Gasteiger partial charge < -0.3 is 15.4 Å². The van der Waals surface area contributed by atoms with Crippen molar-refractivity contribution in [3.05, 3.63) is 66.0 Å². The van der Waals surface area contributed by atoms with Crippen molar-refractivity contribution in [3.63, 3.8) is 0 Å². The van der Waals surface area contributed by atoms with Crippen LogP contribution in [0.3, 0.4) is 0 Å². The van der Waals surface area contributed by atoms with Crippen LogP contribution in [-0.2, 0) is 16.0 Å². The predicted octanol–water partition coefficient (Wildman–Crippen LogP) is 2.80. The van der Waals surface area contributed by atoms with Gasteiger partial charge in [0.1, 0.15) is 23.7 Å². The molecule has 0 radical (unpaired) electrons. The second kappa shape index (κ2) is 9.38. The van der Waals surface area contributed by atoms with E-state index in [0.717, 1.165) is 5.56 Å². The number of benzene rings is 2. The Kier molecular flexibility index (Phi) is 6.39. The Morgan fingerprint density at radius 1 is 1.09 bits per heavy atom. The highest BCUT2D eigenvalue weighted by Gasteiger charge is 2.52. The predicted molar refractivity (Wildman–Crippen MR) is 115 cm³/mol. The van der Waals surface area contributed by atoms with Crippen molar-refractivity contribution >= 4 is 17.8 Å². The molecule has 1 saturated heterocycles. The van der Waals surface area contributed by atoms with Crippen molar-refractivity contribution in [2.24, 2.45) is 0 Å². The Bertz CT molecular complexity index is 972. The fourth-order valence-electron chi connectivity index (χ4n) is 4.32. The number of amides is 4. The molecule has 0 aromatic heterocycles. The molecule has 0 bridgehead atoms. The Labute approximate surface area is 185 Å². The van der Waals surface area contributed by atoms with E-state index < -0.39 is 11.6 Å². The van der Waals surface area contributed by atoms with E-state index >= 15 is 0 Å². The minimum atomic E-state index is -0.909. The van der Waals surface area contributed by atoms with E-state index in [1.54, 1.807) is 0 Å². The molecular formula is C24H26FN3O4. The highest BCUT2D eigenvalue weighted by molar-refractivity contribution is 6.07. The van der Waals surface area contributed by atoms with Gasteiger partial charge in [-0.05, 0) is 55.5 Å². The van der Waals surface area contributed by atoms with E-state index in [1.165, 1.54) is 29.2 Å². The first-order valence-corrected chi connectivity index (χ1v) is 10.8. The van der Waals surface area contributed by atoms with Gasteiger partial charge in [-0.2, -0.15) is 0 Å². The molecular weight excluding hydrogens is 413 g/mol. The van der Waals surface area contributed by atoms with Gasteiger partial charge in [0.2, 0.25) is 5.91 Å². The summed E-state index contributed by atoms with van der Waals surface area (Å²) in [6.07, 6.45) is 2.51. The maximum atomic E-state index is 13.0. The first-order valence-electron chi connectivity index (χ1n) is 10.8. The molecule has 2 fully saturated rings. The van der Waals surface area contributed by atoms with Gasteiger partial charge in [-0.15, -0.1) is 0 Å². The van der Waals surface area contributed by atoms with E-state index in [-0.39, 0.29) is 36.8 Å². The summed E-state index contributed by atoms with van der Waals surface area (Å²) in [6, 6.07) is 14.7. The second-order valence-electron chi connectivity index (χ2n) is 8.28. The van der Waals surface area contributed by atoms with E-state index in [0.29, 0.717) is 37.9 Å². The largest absolute Gasteiger partial charge is 0.492 e. The fraction of sp³-hybridized carbons (Fsp3) is 0.375. The molecule has 168 valence electrons. The SMILES string of the molecule is O=C(Cc1ccccc1)NC1CCC2(CC1)NC(=O)N(CCOc1ccc(F)cc1)C2=O. The summed E-state index contributed by atoms with van der Waals surface area (Å²) in [6.45, 7) is 0.236. The average molecular weight is 439 g/mol. The van der Waals surface area contributed by atoms with E-state index in [2.05, 4.69) is 10.6 Å². The molecule has 2 aromatic rings. The number of carbonyl (C=O) groups excluding carboxylic acids is 3. The summed E-state index contributed by atoms with van der Waals surface area (Å²) in [4.78, 5) is 38.9. The molecule has 1 saturated carbocycles. The molecule has 2 aliphatic rings. The topological polar surface area (TPSA) is 87.7 Å². The molecule has 1 aliphatic carbocycles. The summed E-state index contributed by atoms with van der Waals surface area (Å²) < 4.78 is 18.5. The van der Waals surface area contributed by atoms with Crippen LogP contribution in [0.5, 0.6) is 5.75 Å². The van der Waals surface area contributed by atoms with Crippen molar-refractivity contribution in [2.45, 2.75) is 43.7 Å². The van der Waals surface area contributed by atoms with Crippen LogP contribution in [0.25, 0.3) is 0 Å². The van der Waals surface area contributed by atoms with Gasteiger partial charge in [-0.25, -0.2) is 9.18 Å². The third-order valence-corrected chi connectivity index (χ3v) is 6.05. The smallest absolute Gasteiger partial charge is 0.325 e. The van der Waals surface area contributed by atoms with Crippen molar-refractivity contribution in [1.29, 1.82) is 0 Å². The monoisotopic (exact) mass is 439 g/mol. The lowest BCUT2D eigenvalue weighted by Crippen LogP contribution is -2.53. The zero-order chi connectivity index (χ0) is 22.6. The van der Waals surface area contributed by atoms with Crippen LogP contribution < -0.4 is 15.4 Å². The lowest BCUT2D eigenvalue weighted by Gasteiger charge is -2.35. The zero-order valence-electron chi connectivity index (χ0n) is 17.7. The number of hydrogen-bond donors (Lipinski definition) is 2. The molecule has 0 unspecified atom stereocenters. The number of nitrogens with one attached hydrogen (secondary N) is 2. The summed E-state index contributed by atoms with van der Waals surface area (Å²) in [7, 11) is 0. The Morgan fingerprint density at radius 2 is 1.78 bits per heavy atom. The maximum absolute atomic E-state index is 13.0. The summed E-state index contributed by atoms with van der Waals surface area (Å²) in [5.74, 6) is -0.182. The first kappa shape index (κ1) is 21.8. The van der Waals surface area contributed by atoms with Gasteiger partial charge in [-0.1, -0.05) is 30.3 Å². The summed E-state index contributed by atoms with van der Waals surface area (Å²) >= 11 is 0. The highest BCUT2D eigenvalue weighted by atomic mass is 19.1. The highest BCUT2D eigenvalue weighted by Crippen LogP contribution is 2.34. The van der Waals surface area contributed by atoms with Crippen LogP contribution in [-0.4, -0.2) is 47.5 Å². The van der Waals surface area contributed by atoms with Crippen molar-refractivity contribution in [3.8, 4) is 5.75 Å². The minimum absolute atomic E-state index is 0.0163. The molecule has 7 nitrogen and oxygen atoms in total. The van der Waals surface area contributed by atoms with E-state index in [4.69, 9.17) is 4.74 Å². The molecule has 2 aromatic carbocycles. The molecule has 1 heterocycles. The quantitative estimate of drug-likeness (QED) is 0.650. The standard InChI is InChI=1S/C24H26FN3O4/c25-18-6-8-20(9-7-18)32-15-14-28-22(30)24(27-23(28)31)12-10-19(11-13-24)26-21(29)16-17-4-2-1-3-5-17/h1-9,19H,10-16H2,(H,26,29)(H,27,31). The van der Waals surface area contributed by atoms with Gasteiger partial charge in [0.05, 0.1) is 13.0 Å². The average Bonchev–Trinajstić information content (AvgIpc) is 3.01. The number of halogens is 1. The van der Waals surface area contributed by atoms with Crippen molar-refractivity contribution in [1.82, 2.24) is 15.5 Å². The van der Waals surface area contributed by atoms with Crippen molar-refractivity contribution in [2.75, 3.05) is 13.2 Å². The molecule has 4 amide bonds. The Hall–Kier alpha value is -3.42. The van der Waals surface area contributed by atoms with Crippen LogP contribution in [0.4, 0.5) is 9.18 Å². The summed E-state index contributed by atoms with van der Waals surface area (Å²) in [5, 5.41) is 5.90. The van der Waals surface area contributed by atoms with Crippen LogP contribution in [0.1, 0.15) is 31.2 Å². The molecule has 8 heteroatoms. The first-order chi connectivity index (χ1) is 15.4. The van der Waals surface area contributed by atoms with Gasteiger partial charge in [0, 0.05) is 6.04 Å². The van der Waals surface area contributed by atoms with Gasteiger partial charge >= 0.3 is 6.03 Å². The van der Waals surface area contributed by atoms with E-state index in [1.807, 2.05) is 30.3 Å². The van der Waals surface area contributed by atoms with Crippen LogP contribution in [0.2, 0.25) is 0 Å². The molecule has 0 atom stereocenters. The molecule has 1 aliphatic heterocycles. The number of imide groups is 1. The summed E-state index contributed by atoms with van der Waals surface area (Å²) in [5.41, 5.74) is 0.0437. The lowest BCUT2D eigenvalue weighted by molar-refractivity contribution is -0.132. The van der Waals surface area contributed by atoms with Crippen LogP contribution in [0.15, 0.2) is 54.6 Å². The third kappa shape index (κ3) is 4.90. The Morgan fingerprint density at radius 3 is 2.47 bits per heavy atom. The minimum Gasteiger partial charge on any atom is -0.492 e. The number of carbonyl (C=O) groups is 3. The number of urea groups is 1. The third-order valence-electron chi connectivity index (χ3n) is 6.05. The molecule has 2 N–H and O–H groups in total. The van der Waals surface area contributed by atoms with Crippen LogP contribution in [0, 0.1) is 5.82 Å². The molecule has 4 rings (SSSR count). The van der Waals surface area contributed by atoms with Gasteiger partial charge in [-0.3, -0.25) is 14.5 Å². The maximum Gasteiger partial charge on any atom is 0.325 e. The molecule has 32 heavy (non-hydrogen) atoms. The van der Waals surface area contributed by atoms with Gasteiger partial charge in [0.15, 0.2) is 0 Å². The number of nitrogens with zero attached hydrogens (tertiary/aromatic N) is 1. The molecule has 1 spiro atoms. The Balaban J connectivity index is 1.26. The van der Waals surface area contributed by atoms with Crippen molar-refractivity contribution < 1.29 is 23.5 Å². The number of rotatable bonds is 7. The van der Waals surface area contributed by atoms with Crippen LogP contribution >= 0.6 is 0 Å². The zero-order valence-corrected chi connectivity index (χ0v) is 17.7. The lowest BCUT2D eigenvalue weighted by atomic mass is 9.79.